The third-order valence-electron chi connectivity index (χ3n) is 3.76. The zero-order chi connectivity index (χ0) is 17.1. The minimum Gasteiger partial charge on any atom is -0.332 e. The molecule has 1 atom stereocenters. The maximum absolute atomic E-state index is 12.3. The molecule has 8 heteroatoms. The number of nitrogens with zero attached hydrogens (tertiary/aromatic N) is 4. The van der Waals surface area contributed by atoms with Crippen LogP contribution in [0.1, 0.15) is 18.4 Å². The minimum absolute atomic E-state index is 0. The first-order valence-electron chi connectivity index (χ1n) is 7.75. The average Bonchev–Trinajstić information content (AvgIpc) is 3.03. The minimum atomic E-state index is -0.239. The van der Waals surface area contributed by atoms with Crippen LogP contribution in [-0.2, 0) is 6.42 Å². The largest absolute Gasteiger partial charge is 0.332 e. The Morgan fingerprint density at radius 2 is 2.00 bits per heavy atom. The van der Waals surface area contributed by atoms with E-state index in [0.29, 0.717) is 12.2 Å². The van der Waals surface area contributed by atoms with E-state index < -0.39 is 0 Å². The van der Waals surface area contributed by atoms with Crippen molar-refractivity contribution in [1.29, 1.82) is 0 Å². The van der Waals surface area contributed by atoms with Crippen molar-refractivity contribution in [2.75, 3.05) is 7.05 Å². The third-order valence-corrected chi connectivity index (χ3v) is 3.76. The highest BCUT2D eigenvalue weighted by atomic mass is 35.5. The SMILES string of the molecule is CNC(C)Cc1noc(-c2nn(-c3ccccc3)c(C)cc2=O)n1.Cl. The lowest BCUT2D eigenvalue weighted by molar-refractivity contribution is 0.416. The summed E-state index contributed by atoms with van der Waals surface area (Å²) in [5, 5.41) is 11.5. The maximum Gasteiger partial charge on any atom is 0.282 e. The number of aromatic nitrogens is 4. The lowest BCUT2D eigenvalue weighted by atomic mass is 10.2. The van der Waals surface area contributed by atoms with Crippen LogP contribution in [0.2, 0.25) is 0 Å². The van der Waals surface area contributed by atoms with Gasteiger partial charge in [-0.1, -0.05) is 23.4 Å². The normalized spacial score (nSPS) is 11.8. The number of rotatable bonds is 5. The average molecular weight is 362 g/mol. The first-order valence-corrected chi connectivity index (χ1v) is 7.75. The van der Waals surface area contributed by atoms with Gasteiger partial charge in [-0.15, -0.1) is 12.4 Å². The number of nitrogens with one attached hydrogen (secondary N) is 1. The molecule has 0 aliphatic rings. The summed E-state index contributed by atoms with van der Waals surface area (Å²) in [7, 11) is 1.87. The first-order chi connectivity index (χ1) is 11.6. The van der Waals surface area contributed by atoms with Crippen LogP contribution >= 0.6 is 12.4 Å². The molecule has 0 bridgehead atoms. The smallest absolute Gasteiger partial charge is 0.282 e. The molecule has 3 aromatic rings. The van der Waals surface area contributed by atoms with Gasteiger partial charge < -0.3 is 9.84 Å². The summed E-state index contributed by atoms with van der Waals surface area (Å²) in [6.07, 6.45) is 0.610. The summed E-state index contributed by atoms with van der Waals surface area (Å²) in [6.45, 7) is 3.85. The molecule has 0 aliphatic heterocycles. The van der Waals surface area contributed by atoms with Crippen LogP contribution in [0, 0.1) is 6.92 Å². The zero-order valence-corrected chi connectivity index (χ0v) is 15.1. The topological polar surface area (TPSA) is 85.8 Å². The number of halogens is 1. The molecular weight excluding hydrogens is 342 g/mol. The van der Waals surface area contributed by atoms with Gasteiger partial charge in [0.05, 0.1) is 5.69 Å². The Bertz CT molecular complexity index is 892. The van der Waals surface area contributed by atoms with Crippen LogP contribution in [0.4, 0.5) is 0 Å². The molecule has 0 radical (unpaired) electrons. The molecule has 0 aliphatic carbocycles. The summed E-state index contributed by atoms with van der Waals surface area (Å²) in [6, 6.07) is 11.3. The summed E-state index contributed by atoms with van der Waals surface area (Å²) in [4.78, 5) is 16.6. The second-order valence-corrected chi connectivity index (χ2v) is 5.66. The van der Waals surface area contributed by atoms with Gasteiger partial charge in [0.15, 0.2) is 11.5 Å². The monoisotopic (exact) mass is 361 g/mol. The molecule has 1 unspecified atom stereocenters. The van der Waals surface area contributed by atoms with E-state index in [2.05, 4.69) is 20.6 Å². The molecule has 0 spiro atoms. The van der Waals surface area contributed by atoms with Crippen molar-refractivity contribution in [2.45, 2.75) is 26.3 Å². The number of para-hydroxylation sites is 1. The summed E-state index contributed by atoms with van der Waals surface area (Å²) < 4.78 is 6.93. The molecule has 7 nitrogen and oxygen atoms in total. The van der Waals surface area contributed by atoms with Crippen molar-refractivity contribution < 1.29 is 4.52 Å². The molecule has 25 heavy (non-hydrogen) atoms. The fourth-order valence-electron chi connectivity index (χ4n) is 2.34. The van der Waals surface area contributed by atoms with Crippen LogP contribution in [0.15, 0.2) is 45.7 Å². The van der Waals surface area contributed by atoms with Gasteiger partial charge in [0.25, 0.3) is 5.89 Å². The van der Waals surface area contributed by atoms with Crippen molar-refractivity contribution in [1.82, 2.24) is 25.2 Å². The molecule has 2 aromatic heterocycles. The predicted octanol–water partition coefficient (Wildman–Crippen LogP) is 2.16. The second kappa shape index (κ2) is 8.04. The van der Waals surface area contributed by atoms with Crippen molar-refractivity contribution in [2.24, 2.45) is 0 Å². The molecule has 0 fully saturated rings. The highest BCUT2D eigenvalue weighted by Crippen LogP contribution is 2.14. The van der Waals surface area contributed by atoms with Crippen LogP contribution in [0.5, 0.6) is 0 Å². The lowest BCUT2D eigenvalue weighted by Gasteiger charge is -2.09. The Morgan fingerprint density at radius 3 is 2.68 bits per heavy atom. The summed E-state index contributed by atoms with van der Waals surface area (Å²) in [5.74, 6) is 0.683. The van der Waals surface area contributed by atoms with Gasteiger partial charge >= 0.3 is 0 Å². The molecule has 2 heterocycles. The summed E-state index contributed by atoms with van der Waals surface area (Å²) >= 11 is 0. The Kier molecular flexibility index (Phi) is 6.06. The standard InChI is InChI=1S/C17H19N5O2.ClH/c1-11(18-3)9-15-19-17(24-21-15)16-14(23)10-12(2)22(20-16)13-7-5-4-6-8-13;/h4-8,10-11,18H,9H2,1-3H3;1H. The van der Waals surface area contributed by atoms with Crippen molar-refractivity contribution in [3.8, 4) is 17.3 Å². The zero-order valence-electron chi connectivity index (χ0n) is 14.3. The molecular formula is C17H20ClN5O2. The molecule has 0 saturated carbocycles. The van der Waals surface area contributed by atoms with E-state index in [4.69, 9.17) is 4.52 Å². The predicted molar refractivity (Wildman–Crippen MR) is 97.3 cm³/mol. The number of benzene rings is 1. The molecule has 0 saturated heterocycles. The fourth-order valence-corrected chi connectivity index (χ4v) is 2.34. The Morgan fingerprint density at radius 1 is 1.28 bits per heavy atom. The maximum atomic E-state index is 12.3. The number of hydrogen-bond acceptors (Lipinski definition) is 6. The van der Waals surface area contributed by atoms with Gasteiger partial charge in [-0.2, -0.15) is 10.1 Å². The van der Waals surface area contributed by atoms with Gasteiger partial charge in [-0.05, 0) is 33.0 Å². The Labute approximate surface area is 151 Å². The van der Waals surface area contributed by atoms with E-state index in [1.165, 1.54) is 6.07 Å². The van der Waals surface area contributed by atoms with E-state index in [-0.39, 0.29) is 35.5 Å². The Balaban J connectivity index is 0.00000225. The highest BCUT2D eigenvalue weighted by Gasteiger charge is 2.17. The highest BCUT2D eigenvalue weighted by molar-refractivity contribution is 5.85. The number of likely N-dealkylation sites (N-methyl/N-ethyl adjacent to an activating group) is 1. The molecule has 3 rings (SSSR count). The van der Waals surface area contributed by atoms with Crippen LogP contribution < -0.4 is 10.7 Å². The summed E-state index contributed by atoms with van der Waals surface area (Å²) in [5.41, 5.74) is 1.51. The van der Waals surface area contributed by atoms with Crippen molar-refractivity contribution in [3.05, 3.63) is 58.1 Å². The number of aryl methyl sites for hydroxylation is 1. The number of hydrogen-bond donors (Lipinski definition) is 1. The van der Waals surface area contributed by atoms with Crippen molar-refractivity contribution >= 4 is 12.4 Å². The van der Waals surface area contributed by atoms with E-state index in [1.54, 1.807) is 4.68 Å². The van der Waals surface area contributed by atoms with Gasteiger partial charge in [0.1, 0.15) is 0 Å². The quantitative estimate of drug-likeness (QED) is 0.749. The van der Waals surface area contributed by atoms with Crippen LogP contribution in [0.25, 0.3) is 17.3 Å². The van der Waals surface area contributed by atoms with Crippen molar-refractivity contribution in [3.63, 3.8) is 0 Å². The first kappa shape index (κ1) is 18.8. The molecule has 0 amide bonds. The molecule has 1 aromatic carbocycles. The third kappa shape index (κ3) is 4.12. The van der Waals surface area contributed by atoms with E-state index in [0.717, 1.165) is 11.4 Å². The van der Waals surface area contributed by atoms with Gasteiger partial charge in [0.2, 0.25) is 5.43 Å². The van der Waals surface area contributed by atoms with Crippen LogP contribution in [-0.4, -0.2) is 33.0 Å². The lowest BCUT2D eigenvalue weighted by Crippen LogP contribution is -2.24. The molecule has 1 N–H and O–H groups in total. The second-order valence-electron chi connectivity index (χ2n) is 5.66. The van der Waals surface area contributed by atoms with E-state index in [1.807, 2.05) is 51.2 Å². The Hall–Kier alpha value is -2.51. The van der Waals surface area contributed by atoms with Crippen LogP contribution in [0.3, 0.4) is 0 Å². The van der Waals surface area contributed by atoms with E-state index in [9.17, 15) is 4.79 Å². The fraction of sp³-hybridized carbons (Fsp3) is 0.294. The van der Waals surface area contributed by atoms with Gasteiger partial charge in [-0.3, -0.25) is 4.79 Å². The van der Waals surface area contributed by atoms with Gasteiger partial charge in [-0.25, -0.2) is 4.68 Å². The van der Waals surface area contributed by atoms with Gasteiger partial charge in [0, 0.05) is 24.2 Å². The van der Waals surface area contributed by atoms with E-state index >= 15 is 0 Å². The molecule has 132 valence electrons.